The first-order valence-electron chi connectivity index (χ1n) is 5.52. The Morgan fingerprint density at radius 3 is 1.95 bits per heavy atom. The van der Waals surface area contributed by atoms with Gasteiger partial charge in [0.2, 0.25) is 5.29 Å². The number of halogens is 2. The Morgan fingerprint density at radius 1 is 0.895 bits per heavy atom. The van der Waals surface area contributed by atoms with Crippen molar-refractivity contribution in [2.75, 3.05) is 4.90 Å². The molecule has 3 nitrogen and oxygen atoms in total. The summed E-state index contributed by atoms with van der Waals surface area (Å²) in [7, 11) is 0. The molecule has 0 aliphatic heterocycles. The predicted molar refractivity (Wildman–Crippen MR) is 79.6 cm³/mol. The minimum atomic E-state index is -0.712. The molecule has 0 aliphatic rings. The third-order valence-corrected chi connectivity index (χ3v) is 2.77. The van der Waals surface area contributed by atoms with Gasteiger partial charge in [-0.15, -0.1) is 0 Å². The second-order valence-electron chi connectivity index (χ2n) is 3.64. The van der Waals surface area contributed by atoms with Gasteiger partial charge in [0.1, 0.15) is 0 Å². The number of carbonyl (C=O) groups is 1. The molecule has 0 N–H and O–H groups in total. The van der Waals surface area contributed by atoms with Crippen molar-refractivity contribution in [3.8, 4) is 0 Å². The number of amides is 1. The number of nitrogens with zero attached hydrogens (tertiary/aromatic N) is 2. The molecule has 96 valence electrons. The molecule has 5 heteroatoms. The van der Waals surface area contributed by atoms with E-state index in [1.54, 1.807) is 36.4 Å². The molecule has 1 amide bonds. The Hall–Kier alpha value is -1.84. The molecule has 0 unspecified atom stereocenters. The zero-order chi connectivity index (χ0) is 13.7. The quantitative estimate of drug-likeness (QED) is 0.339. The van der Waals surface area contributed by atoms with Gasteiger partial charge in [-0.25, -0.2) is 9.89 Å². The third kappa shape index (κ3) is 3.56. The molecule has 2 rings (SSSR count). The highest BCUT2D eigenvalue weighted by molar-refractivity contribution is 6.77. The van der Waals surface area contributed by atoms with E-state index >= 15 is 0 Å². The lowest BCUT2D eigenvalue weighted by Gasteiger charge is -2.17. The normalized spacial score (nSPS) is 11.2. The number of para-hydroxylation sites is 2. The molecular weight excluding hydrogens is 283 g/mol. The van der Waals surface area contributed by atoms with Crippen LogP contribution >= 0.6 is 23.2 Å². The van der Waals surface area contributed by atoms with Crippen molar-refractivity contribution in [1.29, 1.82) is 0 Å². The maximum Gasteiger partial charge on any atom is 0.327 e. The molecule has 0 spiro atoms. The van der Waals surface area contributed by atoms with Crippen molar-refractivity contribution in [2.24, 2.45) is 4.99 Å². The lowest BCUT2D eigenvalue weighted by molar-refractivity contribution is 0.266. The third-order valence-electron chi connectivity index (χ3n) is 2.35. The first-order chi connectivity index (χ1) is 9.18. The van der Waals surface area contributed by atoms with Crippen LogP contribution in [0.1, 0.15) is 0 Å². The number of anilines is 1. The van der Waals surface area contributed by atoms with Gasteiger partial charge in [0.15, 0.2) is 0 Å². The molecule has 2 aromatic rings. The maximum atomic E-state index is 11.5. The monoisotopic (exact) mass is 292 g/mol. The lowest BCUT2D eigenvalue weighted by Crippen LogP contribution is -2.29. The van der Waals surface area contributed by atoms with Gasteiger partial charge in [-0.2, -0.15) is 0 Å². The number of aliphatic imine (C=N–C) groups is 1. The second-order valence-corrected chi connectivity index (χ2v) is 4.30. The Labute approximate surface area is 121 Å². The predicted octanol–water partition coefficient (Wildman–Crippen LogP) is 4.78. The molecule has 0 radical (unpaired) electrons. The van der Waals surface area contributed by atoms with Crippen LogP contribution < -0.4 is 4.90 Å². The Morgan fingerprint density at radius 2 is 1.42 bits per heavy atom. The van der Waals surface area contributed by atoms with E-state index in [1.165, 1.54) is 0 Å². The molecule has 0 bridgehead atoms. The van der Waals surface area contributed by atoms with E-state index in [-0.39, 0.29) is 5.29 Å². The summed E-state index contributed by atoms with van der Waals surface area (Å²) < 4.78 is 0. The fraction of sp³-hybridized carbons (Fsp3) is 0. The van der Waals surface area contributed by atoms with Crippen molar-refractivity contribution < 1.29 is 4.79 Å². The number of hydrogen-bond acceptors (Lipinski definition) is 2. The molecule has 0 saturated heterocycles. The molecule has 0 atom stereocenters. The summed E-state index contributed by atoms with van der Waals surface area (Å²) in [6, 6.07) is 18.0. The van der Waals surface area contributed by atoms with Crippen LogP contribution in [-0.4, -0.2) is 10.7 Å². The van der Waals surface area contributed by atoms with Crippen molar-refractivity contribution in [2.45, 2.75) is 0 Å². The summed E-state index contributed by atoms with van der Waals surface area (Å²) in [6.07, 6.45) is 0. The molecular formula is C14H10Cl2N2O. The van der Waals surface area contributed by atoms with E-state index in [9.17, 15) is 4.79 Å². The molecule has 0 aromatic heterocycles. The van der Waals surface area contributed by atoms with Gasteiger partial charge >= 0.3 is 5.37 Å². The van der Waals surface area contributed by atoms with E-state index in [4.69, 9.17) is 23.2 Å². The van der Waals surface area contributed by atoms with Gasteiger partial charge in [-0.05, 0) is 47.5 Å². The first kappa shape index (κ1) is 13.6. The average molecular weight is 293 g/mol. The van der Waals surface area contributed by atoms with Crippen LogP contribution in [-0.2, 0) is 0 Å². The zero-order valence-electron chi connectivity index (χ0n) is 9.83. The molecule has 0 heterocycles. The number of hydrogen-bond donors (Lipinski definition) is 0. The van der Waals surface area contributed by atoms with E-state index < -0.39 is 5.37 Å². The maximum absolute atomic E-state index is 11.5. The molecule has 19 heavy (non-hydrogen) atoms. The second kappa shape index (κ2) is 6.36. The number of rotatable bonds is 2. The fourth-order valence-electron chi connectivity index (χ4n) is 1.52. The van der Waals surface area contributed by atoms with E-state index in [0.29, 0.717) is 11.4 Å². The van der Waals surface area contributed by atoms with Crippen LogP contribution in [0, 0.1) is 0 Å². The summed E-state index contributed by atoms with van der Waals surface area (Å²) in [5.74, 6) is 0. The number of amidine groups is 1. The van der Waals surface area contributed by atoms with Crippen LogP contribution in [0.2, 0.25) is 0 Å². The SMILES string of the molecule is O=C(Cl)N(C(Cl)=Nc1ccccc1)c1ccccc1. The Balaban J connectivity index is 2.35. The summed E-state index contributed by atoms with van der Waals surface area (Å²) in [6.45, 7) is 0. The van der Waals surface area contributed by atoms with Gasteiger partial charge < -0.3 is 0 Å². The fourth-order valence-corrected chi connectivity index (χ4v) is 2.01. The van der Waals surface area contributed by atoms with E-state index in [0.717, 1.165) is 4.90 Å². The minimum absolute atomic E-state index is 0.00241. The smallest absolute Gasteiger partial charge is 0.255 e. The molecule has 0 aliphatic carbocycles. The molecule has 0 saturated carbocycles. The number of carbonyl (C=O) groups excluding carboxylic acids is 1. The highest BCUT2D eigenvalue weighted by atomic mass is 35.5. The standard InChI is InChI=1S/C14H10Cl2N2O/c15-13(17-11-7-3-1-4-8-11)18(14(16)19)12-9-5-2-6-10-12/h1-10H. The highest BCUT2D eigenvalue weighted by Crippen LogP contribution is 2.20. The lowest BCUT2D eigenvalue weighted by atomic mass is 10.3. The number of benzene rings is 2. The van der Waals surface area contributed by atoms with Gasteiger partial charge in [0.25, 0.3) is 0 Å². The van der Waals surface area contributed by atoms with E-state index in [2.05, 4.69) is 4.99 Å². The van der Waals surface area contributed by atoms with Crippen LogP contribution in [0.5, 0.6) is 0 Å². The first-order valence-corrected chi connectivity index (χ1v) is 6.28. The Kier molecular flexibility index (Phi) is 4.55. The minimum Gasteiger partial charge on any atom is -0.255 e. The summed E-state index contributed by atoms with van der Waals surface area (Å²) in [5.41, 5.74) is 1.21. The Bertz CT molecular complexity index is 585. The van der Waals surface area contributed by atoms with Crippen molar-refractivity contribution in [1.82, 2.24) is 0 Å². The zero-order valence-corrected chi connectivity index (χ0v) is 11.3. The van der Waals surface area contributed by atoms with Crippen molar-refractivity contribution in [3.63, 3.8) is 0 Å². The average Bonchev–Trinajstić information content (AvgIpc) is 2.40. The van der Waals surface area contributed by atoms with Crippen molar-refractivity contribution >= 4 is 45.2 Å². The van der Waals surface area contributed by atoms with Gasteiger partial charge in [-0.3, -0.25) is 4.79 Å². The van der Waals surface area contributed by atoms with Gasteiger partial charge in [0, 0.05) is 0 Å². The van der Waals surface area contributed by atoms with Gasteiger partial charge in [0.05, 0.1) is 11.4 Å². The summed E-state index contributed by atoms with van der Waals surface area (Å²) in [5, 5.41) is -0.715. The summed E-state index contributed by atoms with van der Waals surface area (Å²) in [4.78, 5) is 16.8. The van der Waals surface area contributed by atoms with E-state index in [1.807, 2.05) is 24.3 Å². The highest BCUT2D eigenvalue weighted by Gasteiger charge is 2.18. The molecule has 2 aromatic carbocycles. The van der Waals surface area contributed by atoms with Crippen LogP contribution in [0.15, 0.2) is 65.7 Å². The van der Waals surface area contributed by atoms with Crippen LogP contribution in [0.25, 0.3) is 0 Å². The van der Waals surface area contributed by atoms with Crippen LogP contribution in [0.3, 0.4) is 0 Å². The van der Waals surface area contributed by atoms with Crippen molar-refractivity contribution in [3.05, 3.63) is 60.7 Å². The summed E-state index contributed by atoms with van der Waals surface area (Å²) >= 11 is 11.6. The molecule has 0 fully saturated rings. The van der Waals surface area contributed by atoms with Gasteiger partial charge in [-0.1, -0.05) is 36.4 Å². The van der Waals surface area contributed by atoms with Crippen LogP contribution in [0.4, 0.5) is 16.2 Å². The topological polar surface area (TPSA) is 32.7 Å². The largest absolute Gasteiger partial charge is 0.327 e.